The van der Waals surface area contributed by atoms with E-state index in [0.29, 0.717) is 54.6 Å². The van der Waals surface area contributed by atoms with Crippen LogP contribution in [0.3, 0.4) is 0 Å². The predicted octanol–water partition coefficient (Wildman–Crippen LogP) is 3.63. The van der Waals surface area contributed by atoms with Crippen LogP contribution >= 0.6 is 21.6 Å². The van der Waals surface area contributed by atoms with Gasteiger partial charge in [0.05, 0.1) is 24.5 Å². The molecule has 0 spiro atoms. The molecular formula is C51H79N3O15S2. The maximum atomic E-state index is 14.0. The van der Waals surface area contributed by atoms with Gasteiger partial charge in [0.25, 0.3) is 5.91 Å². The lowest BCUT2D eigenvalue weighted by atomic mass is 9.79. The maximum absolute atomic E-state index is 14.0. The van der Waals surface area contributed by atoms with Crippen LogP contribution in [0.5, 0.6) is 0 Å². The van der Waals surface area contributed by atoms with Gasteiger partial charge in [0.2, 0.25) is 17.6 Å². The summed E-state index contributed by atoms with van der Waals surface area (Å²) in [4.78, 5) is 90.1. The zero-order chi connectivity index (χ0) is 53.5. The van der Waals surface area contributed by atoms with Crippen molar-refractivity contribution in [1.82, 2.24) is 16.0 Å². The first kappa shape index (κ1) is 63.0. The van der Waals surface area contributed by atoms with E-state index < -0.39 is 91.1 Å². The van der Waals surface area contributed by atoms with Gasteiger partial charge in [-0.3, -0.25) is 28.8 Å². The van der Waals surface area contributed by atoms with Gasteiger partial charge in [0, 0.05) is 65.5 Å². The average molecular weight is 1040 g/mol. The summed E-state index contributed by atoms with van der Waals surface area (Å²) in [6.45, 7) is 14.2. The third-order valence-corrected chi connectivity index (χ3v) is 15.4. The number of ether oxygens (including phenoxy) is 1. The van der Waals surface area contributed by atoms with Crippen molar-refractivity contribution < 1.29 is 74.0 Å². The number of allylic oxidation sites excluding steroid dienone is 7. The summed E-state index contributed by atoms with van der Waals surface area (Å²) in [5, 5.41) is 76.3. The third kappa shape index (κ3) is 21.8. The number of carbonyl (C=O) groups excluding carboxylic acids is 6. The molecule has 2 rings (SSSR count). The van der Waals surface area contributed by atoms with Crippen LogP contribution in [-0.4, -0.2) is 145 Å². The molecule has 1 aliphatic heterocycles. The number of ketones is 2. The van der Waals surface area contributed by atoms with Crippen molar-refractivity contribution in [3.8, 4) is 0 Å². The van der Waals surface area contributed by atoms with Gasteiger partial charge in [-0.1, -0.05) is 99.4 Å². The molecule has 0 aromatic carbocycles. The second kappa shape index (κ2) is 32.1. The number of aliphatic carboxylic acids is 1. The van der Waals surface area contributed by atoms with Gasteiger partial charge < -0.3 is 56.4 Å². The molecule has 2 aliphatic rings. The number of nitrogens with one attached hydrogen (secondary N) is 3. The number of amides is 3. The van der Waals surface area contributed by atoms with Crippen LogP contribution < -0.4 is 16.0 Å². The number of unbranched alkanes of at least 4 members (excludes halogenated alkanes) is 2. The summed E-state index contributed by atoms with van der Waals surface area (Å²) in [7, 11) is 2.42. The summed E-state index contributed by atoms with van der Waals surface area (Å²) in [5.74, 6) is -4.48. The summed E-state index contributed by atoms with van der Waals surface area (Å²) < 4.78 is 5.34. The highest BCUT2D eigenvalue weighted by Crippen LogP contribution is 2.33. The molecule has 20 heteroatoms. The molecule has 18 nitrogen and oxygen atoms in total. The lowest BCUT2D eigenvalue weighted by Gasteiger charge is -2.28. The Balaban J connectivity index is 1.87. The minimum Gasteiger partial charge on any atom is -0.480 e. The molecule has 1 aliphatic carbocycles. The Morgan fingerprint density at radius 1 is 0.915 bits per heavy atom. The van der Waals surface area contributed by atoms with E-state index in [1.807, 2.05) is 32.9 Å². The SMILES string of the molecule is C/C1=C\C=C/[C@H](C)[C@@H](C)/C(C)=C/[C@H](C)[C@@H](O)[C@@H](C)C[C@H](C)CC2=C(CCCCCC(=O)OCCSSC[C@H](NC(=O)[C@@H](C)CCC(=O)NC[C@H](O)[C@@H](O)[C@H](O)[C@H](O)CO)C(=O)O)C(=O)C=C(NC1=O)C2=O. The fourth-order valence-electron chi connectivity index (χ4n) is 8.10. The molecule has 400 valence electrons. The van der Waals surface area contributed by atoms with Crippen molar-refractivity contribution in [3.63, 3.8) is 0 Å². The minimum absolute atomic E-state index is 0.00631. The van der Waals surface area contributed by atoms with Gasteiger partial charge >= 0.3 is 11.9 Å². The molecular weight excluding hydrogens is 959 g/mol. The van der Waals surface area contributed by atoms with Crippen molar-refractivity contribution in [2.75, 3.05) is 31.3 Å². The Morgan fingerprint density at radius 2 is 1.59 bits per heavy atom. The molecule has 0 saturated carbocycles. The van der Waals surface area contributed by atoms with Crippen LogP contribution in [0, 0.1) is 35.5 Å². The number of esters is 1. The smallest absolute Gasteiger partial charge is 0.327 e. The highest BCUT2D eigenvalue weighted by atomic mass is 33.1. The summed E-state index contributed by atoms with van der Waals surface area (Å²) in [6, 6.07) is -1.24. The standard InChI is InChI=1S/C51H79N3O15S2/c1-28-21-33(6)45(61)34(7)23-32(5)35(8)29(2)13-12-14-30(3)49(65)53-38-24-40(56)36(37(22-28)46(38)62)15-10-9-11-16-44(60)69-19-20-70-71-27-39(51(67)68)54-50(66)31(4)17-18-43(59)52-25-41(57)47(63)48(64)42(58)26-55/h12-14,23-24,28-29,31,33-35,39,41-42,45,47-48,55,57-58,61,63-64H,9-11,15-22,25-27H2,1-8H3,(H,52,59)(H,53,65)(H,54,66)(H,67,68)/b13-12-,30-14+,32-23+/t28-,29-,31-,33-,34-,35+,39-,41-,42+,45-,47+,48+/m0/s1. The van der Waals surface area contributed by atoms with Crippen molar-refractivity contribution >= 4 is 62.8 Å². The fraction of sp³-hybridized carbons (Fsp3) is 0.667. The first-order valence-corrected chi connectivity index (χ1v) is 27.0. The third-order valence-electron chi connectivity index (χ3n) is 13.1. The molecule has 0 fully saturated rings. The Hall–Kier alpha value is -4.15. The number of carboxylic acids is 1. The van der Waals surface area contributed by atoms with Crippen LogP contribution in [0.1, 0.15) is 113 Å². The molecule has 0 unspecified atom stereocenters. The highest BCUT2D eigenvalue weighted by Gasteiger charge is 2.33. The van der Waals surface area contributed by atoms with E-state index >= 15 is 0 Å². The van der Waals surface area contributed by atoms with Crippen LogP contribution in [0.2, 0.25) is 0 Å². The largest absolute Gasteiger partial charge is 0.480 e. The fourth-order valence-corrected chi connectivity index (χ4v) is 10.1. The molecule has 0 aromatic heterocycles. The van der Waals surface area contributed by atoms with Gasteiger partial charge in [-0.25, -0.2) is 4.79 Å². The second-order valence-corrected chi connectivity index (χ2v) is 21.8. The maximum Gasteiger partial charge on any atom is 0.327 e. The predicted molar refractivity (Wildman–Crippen MR) is 272 cm³/mol. The van der Waals surface area contributed by atoms with E-state index in [1.165, 1.54) is 23.8 Å². The molecule has 1 heterocycles. The Morgan fingerprint density at radius 3 is 2.25 bits per heavy atom. The van der Waals surface area contributed by atoms with Crippen LogP contribution in [0.25, 0.3) is 0 Å². The van der Waals surface area contributed by atoms with Crippen molar-refractivity contribution in [2.24, 2.45) is 35.5 Å². The number of hydrogen-bond donors (Lipinski definition) is 10. The normalized spacial score (nSPS) is 26.2. The summed E-state index contributed by atoms with van der Waals surface area (Å²) in [5.41, 5.74) is 2.20. The molecule has 3 amide bonds. The van der Waals surface area contributed by atoms with E-state index in [1.54, 1.807) is 13.0 Å². The van der Waals surface area contributed by atoms with E-state index in [9.17, 15) is 64.2 Å². The van der Waals surface area contributed by atoms with E-state index in [0.717, 1.165) is 16.4 Å². The monoisotopic (exact) mass is 1040 g/mol. The zero-order valence-electron chi connectivity index (χ0n) is 42.4. The highest BCUT2D eigenvalue weighted by molar-refractivity contribution is 8.76. The van der Waals surface area contributed by atoms with Crippen molar-refractivity contribution in [2.45, 2.75) is 150 Å². The van der Waals surface area contributed by atoms with Gasteiger partial charge in [-0.15, -0.1) is 0 Å². The molecule has 0 radical (unpaired) electrons. The number of hydrogen-bond acceptors (Lipinski definition) is 16. The van der Waals surface area contributed by atoms with Gasteiger partial charge in [0.15, 0.2) is 5.78 Å². The topological polar surface area (TPSA) is 306 Å². The second-order valence-electron chi connectivity index (χ2n) is 19.2. The van der Waals surface area contributed by atoms with E-state index in [-0.39, 0.29) is 79.1 Å². The number of carboxylic acid groups (broad SMARTS) is 1. The molecule has 71 heavy (non-hydrogen) atoms. The van der Waals surface area contributed by atoms with E-state index in [2.05, 4.69) is 42.8 Å². The van der Waals surface area contributed by atoms with Crippen molar-refractivity contribution in [3.05, 3.63) is 58.4 Å². The number of carbonyl (C=O) groups is 7. The molecule has 12 atom stereocenters. The molecule has 10 N–H and O–H groups in total. The van der Waals surface area contributed by atoms with Gasteiger partial charge in [0.1, 0.15) is 31.0 Å². The van der Waals surface area contributed by atoms with Crippen LogP contribution in [0.4, 0.5) is 0 Å². The lowest BCUT2D eigenvalue weighted by Crippen LogP contribution is -2.49. The Bertz CT molecular complexity index is 1990. The zero-order valence-corrected chi connectivity index (χ0v) is 44.1. The average Bonchev–Trinajstić information content (AvgIpc) is 3.32. The molecule has 0 aromatic rings. The number of aliphatic hydroxyl groups is 6. The molecule has 0 saturated heterocycles. The summed E-state index contributed by atoms with van der Waals surface area (Å²) >= 11 is 0. The van der Waals surface area contributed by atoms with Crippen LogP contribution in [0.15, 0.2) is 58.4 Å². The number of fused-ring (bicyclic) bond motifs is 2. The first-order chi connectivity index (χ1) is 33.4. The first-order valence-electron chi connectivity index (χ1n) is 24.5. The van der Waals surface area contributed by atoms with E-state index in [4.69, 9.17) is 9.84 Å². The summed E-state index contributed by atoms with van der Waals surface area (Å²) in [6.07, 6.45) is 3.88. The quantitative estimate of drug-likeness (QED) is 0.0217. The molecule has 2 bridgehead atoms. The van der Waals surface area contributed by atoms with Gasteiger partial charge in [-0.05, 0) is 76.0 Å². The number of rotatable bonds is 24. The minimum atomic E-state index is -1.85. The number of Topliss-reactive ketones (excluding diaryl/α,β-unsaturated/α-hetero) is 1. The Labute approximate surface area is 426 Å². The Kier molecular flexibility index (Phi) is 28.5. The van der Waals surface area contributed by atoms with Crippen LogP contribution in [-0.2, 0) is 38.3 Å². The van der Waals surface area contributed by atoms with Crippen molar-refractivity contribution in [1.29, 1.82) is 0 Å². The van der Waals surface area contributed by atoms with Gasteiger partial charge in [-0.2, -0.15) is 0 Å². The lowest BCUT2D eigenvalue weighted by molar-refractivity contribution is -0.143. The number of aliphatic hydroxyl groups excluding tert-OH is 6.